The second-order valence-electron chi connectivity index (χ2n) is 6.52. The number of hydrogen-bond donors (Lipinski definition) is 3. The number of aromatic nitrogens is 4. The molecule has 2 aromatic heterocycles. The minimum atomic E-state index is -4.64. The fourth-order valence-corrected chi connectivity index (χ4v) is 5.08. The first kappa shape index (κ1) is 22.3. The number of hydrogen-bond acceptors (Lipinski definition) is 11. The quantitative estimate of drug-likeness (QED) is 0.395. The van der Waals surface area contributed by atoms with Crippen molar-refractivity contribution in [1.82, 2.24) is 19.5 Å². The number of phosphoric ester groups is 1. The van der Waals surface area contributed by atoms with Crippen LogP contribution in [-0.2, 0) is 18.3 Å². The molecule has 31 heavy (non-hydrogen) atoms. The van der Waals surface area contributed by atoms with Gasteiger partial charge in [-0.1, -0.05) is 11.8 Å². The van der Waals surface area contributed by atoms with Gasteiger partial charge in [-0.25, -0.2) is 9.37 Å². The van der Waals surface area contributed by atoms with Gasteiger partial charge in [0.15, 0.2) is 28.4 Å². The Bertz CT molecular complexity index is 1160. The number of phosphoric acid groups is 1. The van der Waals surface area contributed by atoms with Gasteiger partial charge in [0.1, 0.15) is 18.3 Å². The highest BCUT2D eigenvalue weighted by atomic mass is 32.2. The third-order valence-corrected chi connectivity index (χ3v) is 6.43. The Morgan fingerprint density at radius 3 is 2.87 bits per heavy atom. The van der Waals surface area contributed by atoms with Gasteiger partial charge < -0.3 is 29.5 Å². The second kappa shape index (κ2) is 8.20. The Morgan fingerprint density at radius 1 is 1.42 bits per heavy atom. The molecule has 2 aliphatic rings. The number of nitrogens with two attached hydrogens (primary N) is 1. The zero-order valence-corrected chi connectivity index (χ0v) is 16.9. The molecule has 170 valence electrons. The molecule has 3 unspecified atom stereocenters. The summed E-state index contributed by atoms with van der Waals surface area (Å²) in [6, 6.07) is 0. The van der Waals surface area contributed by atoms with E-state index in [9.17, 15) is 32.5 Å². The number of allylic oxidation sites excluding steroid dienone is 1. The summed E-state index contributed by atoms with van der Waals surface area (Å²) in [6.07, 6.45) is -8.26. The lowest BCUT2D eigenvalue weighted by Crippen LogP contribution is -2.41. The van der Waals surface area contributed by atoms with Crippen LogP contribution in [-0.4, -0.2) is 55.3 Å². The molecular formula is C14H14F3N5O7PS-. The Hall–Kier alpha value is -1.94. The van der Waals surface area contributed by atoms with Gasteiger partial charge in [0.05, 0.1) is 6.61 Å². The van der Waals surface area contributed by atoms with E-state index < -0.39 is 62.9 Å². The van der Waals surface area contributed by atoms with E-state index in [1.54, 1.807) is 0 Å². The minimum absolute atomic E-state index is 0.0282. The molecule has 0 aliphatic carbocycles. The average molecular weight is 484 g/mol. The third-order valence-electron chi connectivity index (χ3n) is 4.51. The van der Waals surface area contributed by atoms with E-state index in [2.05, 4.69) is 19.5 Å². The normalized spacial score (nSPS) is 30.5. The highest BCUT2D eigenvalue weighted by Gasteiger charge is 2.51. The first-order valence-corrected chi connectivity index (χ1v) is 11.1. The van der Waals surface area contributed by atoms with Crippen molar-refractivity contribution >= 4 is 36.7 Å². The first-order valence-electron chi connectivity index (χ1n) is 8.65. The zero-order chi connectivity index (χ0) is 22.5. The number of anilines is 1. The molecule has 0 amide bonds. The maximum Gasteiger partial charge on any atom is 0.301 e. The van der Waals surface area contributed by atoms with Gasteiger partial charge in [0.25, 0.3) is 13.4 Å². The predicted octanol–water partition coefficient (Wildman–Crippen LogP) is 0.404. The number of ether oxygens (including phenoxy) is 1. The highest BCUT2D eigenvalue weighted by Crippen LogP contribution is 2.50. The smallest absolute Gasteiger partial charge is 0.301 e. The maximum atomic E-state index is 13.1. The molecule has 0 aromatic carbocycles. The molecule has 0 radical (unpaired) electrons. The van der Waals surface area contributed by atoms with Gasteiger partial charge in [-0.2, -0.15) is 13.8 Å². The van der Waals surface area contributed by atoms with Crippen LogP contribution in [0.4, 0.5) is 19.1 Å². The Kier molecular flexibility index (Phi) is 5.89. The number of rotatable bonds is 5. The number of aromatic amines is 1. The molecule has 0 saturated carbocycles. The topological polar surface area (TPSA) is 178 Å². The molecule has 5 atom stereocenters. The lowest BCUT2D eigenvalue weighted by Gasteiger charge is -2.34. The predicted molar refractivity (Wildman–Crippen MR) is 96.6 cm³/mol. The summed E-state index contributed by atoms with van der Waals surface area (Å²) >= 11 is 0.786. The van der Waals surface area contributed by atoms with Crippen LogP contribution in [0.3, 0.4) is 0 Å². The van der Waals surface area contributed by atoms with E-state index in [1.807, 2.05) is 0 Å². The molecular weight excluding hydrogens is 470 g/mol. The molecule has 0 bridgehead atoms. The van der Waals surface area contributed by atoms with Crippen molar-refractivity contribution in [2.75, 3.05) is 18.1 Å². The number of H-pyrrole nitrogens is 1. The van der Waals surface area contributed by atoms with Gasteiger partial charge >= 0.3 is 6.08 Å². The van der Waals surface area contributed by atoms with Crippen molar-refractivity contribution in [3.8, 4) is 0 Å². The standard InChI is InChI=1S/C14H15F3N5O7PS/c15-4(9(16)17)1-2-31-14-19-6-10(20-13(18)21-11(6)24)22(14)12-7(23)8-5(28-12)3-27-30(25,26)29-8/h5,7-8,12,23H,1-3H2,(H,25,26)(H3,18,20,21,24)/p-1/t5?,7?,8-,12-/m1/s1. The van der Waals surface area contributed by atoms with Crippen molar-refractivity contribution in [3.63, 3.8) is 0 Å². The van der Waals surface area contributed by atoms with Crippen molar-refractivity contribution in [3.05, 3.63) is 22.3 Å². The number of nitrogens with zero attached hydrogens (tertiary/aromatic N) is 3. The van der Waals surface area contributed by atoms with E-state index >= 15 is 0 Å². The summed E-state index contributed by atoms with van der Waals surface area (Å²) in [4.78, 5) is 34.1. The fourth-order valence-electron chi connectivity index (χ4n) is 3.18. The lowest BCUT2D eigenvalue weighted by atomic mass is 10.1. The summed E-state index contributed by atoms with van der Waals surface area (Å²) < 4.78 is 65.5. The molecule has 2 fully saturated rings. The lowest BCUT2D eigenvalue weighted by molar-refractivity contribution is -0.245. The largest absolute Gasteiger partial charge is 0.756 e. The van der Waals surface area contributed by atoms with Gasteiger partial charge in [0.2, 0.25) is 5.95 Å². The van der Waals surface area contributed by atoms with Gasteiger partial charge in [-0.15, -0.1) is 0 Å². The fraction of sp³-hybridized carbons (Fsp3) is 0.500. The molecule has 2 aliphatic heterocycles. The van der Waals surface area contributed by atoms with Crippen LogP contribution >= 0.6 is 19.6 Å². The van der Waals surface area contributed by atoms with E-state index in [4.69, 9.17) is 15.0 Å². The summed E-state index contributed by atoms with van der Waals surface area (Å²) in [6.45, 7) is -0.421. The zero-order valence-electron chi connectivity index (χ0n) is 15.2. The summed E-state index contributed by atoms with van der Waals surface area (Å²) in [5, 5.41) is 10.6. The van der Waals surface area contributed by atoms with Crippen molar-refractivity contribution in [1.29, 1.82) is 0 Å². The number of thioether (sulfide) groups is 1. The molecule has 0 spiro atoms. The average Bonchev–Trinajstić information content (AvgIpc) is 3.18. The molecule has 2 aromatic rings. The third kappa shape index (κ3) is 4.24. The molecule has 12 nitrogen and oxygen atoms in total. The highest BCUT2D eigenvalue weighted by molar-refractivity contribution is 7.99. The second-order valence-corrected chi connectivity index (χ2v) is 8.95. The van der Waals surface area contributed by atoms with Crippen molar-refractivity contribution in [2.45, 2.75) is 36.1 Å². The van der Waals surface area contributed by atoms with Crippen LogP contribution in [0.15, 0.2) is 21.9 Å². The number of nitrogen functional groups attached to an aromatic ring is 1. The number of imidazole rings is 1. The Morgan fingerprint density at radius 2 is 2.16 bits per heavy atom. The van der Waals surface area contributed by atoms with E-state index in [-0.39, 0.29) is 28.0 Å². The minimum Gasteiger partial charge on any atom is -0.756 e. The first-order chi connectivity index (χ1) is 14.6. The molecule has 4 rings (SSSR count). The number of halogens is 3. The maximum absolute atomic E-state index is 13.1. The molecule has 2 saturated heterocycles. The number of aliphatic hydroxyl groups excluding tert-OH is 1. The Balaban J connectivity index is 1.72. The van der Waals surface area contributed by atoms with E-state index in [1.165, 1.54) is 0 Å². The van der Waals surface area contributed by atoms with E-state index in [0.717, 1.165) is 16.3 Å². The summed E-state index contributed by atoms with van der Waals surface area (Å²) in [5.41, 5.74) is 4.53. The Labute approximate surface area is 174 Å². The van der Waals surface area contributed by atoms with Crippen LogP contribution in [0.1, 0.15) is 12.6 Å². The monoisotopic (exact) mass is 484 g/mol. The van der Waals surface area contributed by atoms with Crippen LogP contribution in [0, 0.1) is 0 Å². The molecule has 17 heteroatoms. The number of aliphatic hydroxyl groups is 1. The SMILES string of the molecule is Nc1nc2c(nc(SCCC(F)=C(F)F)n2[C@@H]2OC3COP(=O)([O-])O[C@H]3C2O)c(=O)[nH]1. The van der Waals surface area contributed by atoms with Crippen LogP contribution in [0.2, 0.25) is 0 Å². The number of fused-ring (bicyclic) bond motifs is 2. The van der Waals surface area contributed by atoms with Crippen LogP contribution in [0.5, 0.6) is 0 Å². The van der Waals surface area contributed by atoms with Gasteiger partial charge in [-0.05, 0) is 0 Å². The number of nitrogens with one attached hydrogen (secondary N) is 1. The van der Waals surface area contributed by atoms with Gasteiger partial charge in [-0.3, -0.25) is 18.9 Å². The van der Waals surface area contributed by atoms with Crippen LogP contribution < -0.4 is 16.2 Å². The van der Waals surface area contributed by atoms with Crippen molar-refractivity contribution in [2.24, 2.45) is 0 Å². The van der Waals surface area contributed by atoms with Gasteiger partial charge in [0, 0.05) is 12.2 Å². The van der Waals surface area contributed by atoms with E-state index in [0.29, 0.717) is 0 Å². The van der Waals surface area contributed by atoms with Crippen molar-refractivity contribution < 1.29 is 41.5 Å². The van der Waals surface area contributed by atoms with Crippen LogP contribution in [0.25, 0.3) is 11.2 Å². The molecule has 4 N–H and O–H groups in total. The molecule has 4 heterocycles. The summed E-state index contributed by atoms with van der Waals surface area (Å²) in [7, 11) is -4.64. The summed E-state index contributed by atoms with van der Waals surface area (Å²) in [5.74, 6) is -2.09.